The lowest BCUT2D eigenvalue weighted by Crippen LogP contribution is -2.33. The summed E-state index contributed by atoms with van der Waals surface area (Å²) in [6.07, 6.45) is 4.91. The molecule has 3 aromatic heterocycles. The molecule has 2 aliphatic rings. The van der Waals surface area contributed by atoms with Gasteiger partial charge in [0.2, 0.25) is 0 Å². The third-order valence-electron chi connectivity index (χ3n) is 7.94. The van der Waals surface area contributed by atoms with Crippen LogP contribution in [0.2, 0.25) is 0 Å². The highest BCUT2D eigenvalue weighted by atomic mass is 16.3. The monoisotopic (exact) mass is 482 g/mol. The number of aryl methyl sites for hydroxylation is 1. The zero-order valence-corrected chi connectivity index (χ0v) is 21.4. The van der Waals surface area contributed by atoms with Gasteiger partial charge in [0.15, 0.2) is 0 Å². The molecule has 0 fully saturated rings. The first-order chi connectivity index (χ1) is 17.4. The smallest absolute Gasteiger partial charge is 0.253 e. The summed E-state index contributed by atoms with van der Waals surface area (Å²) >= 11 is 0. The van der Waals surface area contributed by atoms with Gasteiger partial charge in [-0.15, -0.1) is 0 Å². The lowest BCUT2D eigenvalue weighted by molar-refractivity contribution is 0.182. The quantitative estimate of drug-likeness (QED) is 0.429. The lowest BCUT2D eigenvalue weighted by Gasteiger charge is -2.27. The maximum atomic E-state index is 12.7. The van der Waals surface area contributed by atoms with E-state index in [1.54, 1.807) is 0 Å². The number of aromatic nitrogens is 3. The highest BCUT2D eigenvalue weighted by molar-refractivity contribution is 5.94. The van der Waals surface area contributed by atoms with Gasteiger partial charge in [-0.25, -0.2) is 0 Å². The van der Waals surface area contributed by atoms with Crippen LogP contribution in [-0.4, -0.2) is 44.2 Å². The first-order valence-electron chi connectivity index (χ1n) is 13.1. The van der Waals surface area contributed by atoms with Crippen molar-refractivity contribution < 1.29 is 5.11 Å². The van der Waals surface area contributed by atoms with Crippen molar-refractivity contribution in [3.05, 3.63) is 75.0 Å². The van der Waals surface area contributed by atoms with Crippen molar-refractivity contribution in [3.8, 4) is 22.4 Å². The Bertz CT molecular complexity index is 1530. The fourth-order valence-electron chi connectivity index (χ4n) is 6.14. The van der Waals surface area contributed by atoms with Gasteiger partial charge >= 0.3 is 0 Å². The van der Waals surface area contributed by atoms with Crippen LogP contribution in [0.5, 0.6) is 0 Å². The predicted molar refractivity (Wildman–Crippen MR) is 144 cm³/mol. The van der Waals surface area contributed by atoms with Crippen LogP contribution in [-0.2, 0) is 25.9 Å². The zero-order chi connectivity index (χ0) is 25.0. The van der Waals surface area contributed by atoms with Crippen LogP contribution in [0.15, 0.2) is 41.3 Å². The first-order valence-corrected chi connectivity index (χ1v) is 13.1. The van der Waals surface area contributed by atoms with Gasteiger partial charge in [0.25, 0.3) is 5.56 Å². The second kappa shape index (κ2) is 9.02. The van der Waals surface area contributed by atoms with Crippen LogP contribution >= 0.6 is 0 Å². The summed E-state index contributed by atoms with van der Waals surface area (Å²) in [6, 6.07) is 11.1. The topological polar surface area (TPSA) is 74.2 Å². The number of aliphatic hydroxyl groups excluding tert-OH is 1. The number of nitrogens with one attached hydrogen (secondary N) is 1. The molecule has 0 atom stereocenters. The van der Waals surface area contributed by atoms with Crippen LogP contribution in [0.1, 0.15) is 54.3 Å². The fraction of sp³-hybridized carbons (Fsp3) is 0.400. The number of aromatic amines is 1. The minimum absolute atomic E-state index is 0.148. The lowest BCUT2D eigenvalue weighted by atomic mass is 9.93. The molecular formula is C30H34N4O2. The van der Waals surface area contributed by atoms with E-state index in [9.17, 15) is 9.90 Å². The summed E-state index contributed by atoms with van der Waals surface area (Å²) in [6.45, 7) is 9.88. The van der Waals surface area contributed by atoms with E-state index in [4.69, 9.17) is 4.98 Å². The molecule has 4 aromatic rings. The molecule has 186 valence electrons. The van der Waals surface area contributed by atoms with Crippen LogP contribution in [0.4, 0.5) is 0 Å². The zero-order valence-electron chi connectivity index (χ0n) is 21.4. The van der Waals surface area contributed by atoms with Gasteiger partial charge in [0, 0.05) is 65.7 Å². The summed E-state index contributed by atoms with van der Waals surface area (Å²) in [5.74, 6) is 0.348. The Hall–Kier alpha value is -3.22. The summed E-state index contributed by atoms with van der Waals surface area (Å²) in [4.78, 5) is 23.5. The van der Waals surface area contributed by atoms with Gasteiger partial charge in [0.05, 0.1) is 18.0 Å². The molecule has 0 bridgehead atoms. The standard InChI is InChI=1S/C30H34N4O2/c1-18(2)28-23-7-6-20(22-14-21-8-10-33(11-12-35)17-26(21)31-16-22)15-25(23)32-29(28)24-13-19(3)30(36)34-9-4-5-27(24)34/h6-7,13-16,18,32,35H,4-5,8-12,17H2,1-3H3. The Kier molecular flexibility index (Phi) is 5.81. The molecule has 6 heteroatoms. The highest BCUT2D eigenvalue weighted by Gasteiger charge is 2.24. The van der Waals surface area contributed by atoms with E-state index in [0.717, 1.165) is 78.2 Å². The molecule has 6 rings (SSSR count). The summed E-state index contributed by atoms with van der Waals surface area (Å²) in [5, 5.41) is 10.5. The third kappa shape index (κ3) is 3.80. The van der Waals surface area contributed by atoms with E-state index in [0.29, 0.717) is 12.5 Å². The minimum atomic E-state index is 0.148. The van der Waals surface area contributed by atoms with Crippen LogP contribution in [0.3, 0.4) is 0 Å². The number of β-amino-alcohol motifs (C(OH)–C–C–N with tert-alkyl or cyclic N) is 1. The molecule has 0 spiro atoms. The second-order valence-electron chi connectivity index (χ2n) is 10.7. The molecule has 0 radical (unpaired) electrons. The van der Waals surface area contributed by atoms with Gasteiger partial charge in [-0.05, 0) is 67.0 Å². The van der Waals surface area contributed by atoms with Crippen molar-refractivity contribution in [1.82, 2.24) is 19.4 Å². The number of fused-ring (bicyclic) bond motifs is 3. The van der Waals surface area contributed by atoms with Crippen molar-refractivity contribution in [3.63, 3.8) is 0 Å². The first kappa shape index (κ1) is 23.2. The van der Waals surface area contributed by atoms with E-state index >= 15 is 0 Å². The number of aliphatic hydroxyl groups is 1. The molecule has 2 aliphatic heterocycles. The van der Waals surface area contributed by atoms with E-state index in [2.05, 4.69) is 54.1 Å². The van der Waals surface area contributed by atoms with E-state index in [1.165, 1.54) is 22.1 Å². The summed E-state index contributed by atoms with van der Waals surface area (Å²) in [7, 11) is 0. The Balaban J connectivity index is 1.44. The number of hydrogen-bond acceptors (Lipinski definition) is 4. The van der Waals surface area contributed by atoms with Crippen molar-refractivity contribution in [2.24, 2.45) is 0 Å². The number of pyridine rings is 2. The molecule has 36 heavy (non-hydrogen) atoms. The fourth-order valence-corrected chi connectivity index (χ4v) is 6.14. The molecule has 2 N–H and O–H groups in total. The maximum absolute atomic E-state index is 12.7. The van der Waals surface area contributed by atoms with Crippen LogP contribution in [0, 0.1) is 6.92 Å². The minimum Gasteiger partial charge on any atom is -0.395 e. The largest absolute Gasteiger partial charge is 0.395 e. The molecule has 0 aliphatic carbocycles. The highest BCUT2D eigenvalue weighted by Crippen LogP contribution is 2.39. The van der Waals surface area contributed by atoms with E-state index in [-0.39, 0.29) is 12.2 Å². The van der Waals surface area contributed by atoms with Gasteiger partial charge < -0.3 is 14.7 Å². The number of benzene rings is 1. The third-order valence-corrected chi connectivity index (χ3v) is 7.94. The number of hydrogen-bond donors (Lipinski definition) is 2. The van der Waals surface area contributed by atoms with Crippen molar-refractivity contribution in [2.45, 2.75) is 59.0 Å². The summed E-state index contributed by atoms with van der Waals surface area (Å²) in [5.41, 5.74) is 11.6. The van der Waals surface area contributed by atoms with Gasteiger partial charge in [0.1, 0.15) is 0 Å². The van der Waals surface area contributed by atoms with Gasteiger partial charge in [-0.2, -0.15) is 0 Å². The van der Waals surface area contributed by atoms with Crippen molar-refractivity contribution in [1.29, 1.82) is 0 Å². The Morgan fingerprint density at radius 2 is 1.97 bits per heavy atom. The van der Waals surface area contributed by atoms with E-state index < -0.39 is 0 Å². The Morgan fingerprint density at radius 1 is 1.11 bits per heavy atom. The van der Waals surface area contributed by atoms with Gasteiger partial charge in [-0.1, -0.05) is 26.0 Å². The normalized spacial score (nSPS) is 15.6. The molecule has 0 saturated heterocycles. The molecule has 1 aromatic carbocycles. The number of rotatable bonds is 5. The molecular weight excluding hydrogens is 448 g/mol. The Morgan fingerprint density at radius 3 is 2.78 bits per heavy atom. The SMILES string of the molecule is Cc1cc(-c2[nH]c3cc(-c4cnc5c(c4)CCN(CCO)C5)ccc3c2C(C)C)c2n(c1=O)CCC2. The molecule has 5 heterocycles. The summed E-state index contributed by atoms with van der Waals surface area (Å²) < 4.78 is 1.98. The van der Waals surface area contributed by atoms with Gasteiger partial charge in [-0.3, -0.25) is 14.7 Å². The van der Waals surface area contributed by atoms with Crippen LogP contribution in [0.25, 0.3) is 33.3 Å². The molecule has 0 amide bonds. The average molecular weight is 483 g/mol. The molecule has 0 unspecified atom stereocenters. The van der Waals surface area contributed by atoms with Crippen molar-refractivity contribution in [2.75, 3.05) is 19.7 Å². The maximum Gasteiger partial charge on any atom is 0.253 e. The average Bonchev–Trinajstić information content (AvgIpc) is 3.51. The Labute approximate surface area is 211 Å². The number of H-pyrrole nitrogens is 1. The van der Waals surface area contributed by atoms with E-state index in [1.807, 2.05) is 17.7 Å². The van der Waals surface area contributed by atoms with Crippen molar-refractivity contribution >= 4 is 10.9 Å². The molecule has 0 saturated carbocycles. The second-order valence-corrected chi connectivity index (χ2v) is 10.7. The predicted octanol–water partition coefficient (Wildman–Crippen LogP) is 4.79. The molecule has 6 nitrogen and oxygen atoms in total. The van der Waals surface area contributed by atoms with Crippen LogP contribution < -0.4 is 5.56 Å². The number of nitrogens with zero attached hydrogens (tertiary/aromatic N) is 3.